The van der Waals surface area contributed by atoms with Crippen LogP contribution in [0.25, 0.3) is 0 Å². The quantitative estimate of drug-likeness (QED) is 0.837. The molecule has 0 aromatic carbocycles. The molecule has 0 bridgehead atoms. The summed E-state index contributed by atoms with van der Waals surface area (Å²) in [5, 5.41) is 0. The molecule has 1 unspecified atom stereocenters. The maximum Gasteiger partial charge on any atom is 0.226 e. The number of carbonyl (C=O) groups is 1. The number of hydrogen-bond donors (Lipinski definition) is 0. The van der Waals surface area contributed by atoms with Crippen molar-refractivity contribution in [1.82, 2.24) is 19.8 Å². The SMILES string of the molecule is O=C(C1CCCN(C2CCN(c3cnccn3)CC2)C1)N1CCCC1. The molecular formula is C19H29N5O. The normalized spacial score (nSPS) is 26.2. The highest BCUT2D eigenvalue weighted by Crippen LogP contribution is 2.27. The summed E-state index contributed by atoms with van der Waals surface area (Å²) >= 11 is 0. The summed E-state index contributed by atoms with van der Waals surface area (Å²) < 4.78 is 0. The zero-order valence-corrected chi connectivity index (χ0v) is 15.0. The molecule has 0 N–H and O–H groups in total. The summed E-state index contributed by atoms with van der Waals surface area (Å²) in [6.07, 6.45) is 12.3. The van der Waals surface area contributed by atoms with Gasteiger partial charge < -0.3 is 9.80 Å². The van der Waals surface area contributed by atoms with E-state index >= 15 is 0 Å². The molecular weight excluding hydrogens is 314 g/mol. The lowest BCUT2D eigenvalue weighted by molar-refractivity contribution is -0.136. The van der Waals surface area contributed by atoms with Gasteiger partial charge >= 0.3 is 0 Å². The lowest BCUT2D eigenvalue weighted by atomic mass is 9.93. The van der Waals surface area contributed by atoms with Crippen molar-refractivity contribution < 1.29 is 4.79 Å². The van der Waals surface area contributed by atoms with Gasteiger partial charge in [-0.1, -0.05) is 0 Å². The molecule has 0 radical (unpaired) electrons. The molecule has 3 aliphatic heterocycles. The lowest BCUT2D eigenvalue weighted by Gasteiger charge is -2.42. The Bertz CT molecular complexity index is 566. The fourth-order valence-electron chi connectivity index (χ4n) is 4.65. The average Bonchev–Trinajstić information content (AvgIpc) is 3.23. The van der Waals surface area contributed by atoms with Crippen LogP contribution in [-0.2, 0) is 4.79 Å². The van der Waals surface area contributed by atoms with Crippen LogP contribution in [0.3, 0.4) is 0 Å². The van der Waals surface area contributed by atoms with Gasteiger partial charge in [-0.15, -0.1) is 0 Å². The third-order valence-corrected chi connectivity index (χ3v) is 6.07. The van der Waals surface area contributed by atoms with Gasteiger partial charge in [0.25, 0.3) is 0 Å². The van der Waals surface area contributed by atoms with Crippen LogP contribution in [0.4, 0.5) is 5.82 Å². The van der Waals surface area contributed by atoms with E-state index in [9.17, 15) is 4.79 Å². The van der Waals surface area contributed by atoms with E-state index in [1.807, 2.05) is 6.20 Å². The predicted octanol–water partition coefficient (Wildman–Crippen LogP) is 1.78. The van der Waals surface area contributed by atoms with Gasteiger partial charge in [-0.25, -0.2) is 4.98 Å². The molecule has 6 nitrogen and oxygen atoms in total. The standard InChI is InChI=1S/C19H29N5O/c25-19(23-9-1-2-10-23)16-4-3-11-24(15-16)17-5-12-22(13-6-17)18-14-20-7-8-21-18/h7-8,14,16-17H,1-6,9-13,15H2. The maximum absolute atomic E-state index is 12.7. The van der Waals surface area contributed by atoms with Crippen molar-refractivity contribution in [1.29, 1.82) is 0 Å². The minimum absolute atomic E-state index is 0.227. The summed E-state index contributed by atoms with van der Waals surface area (Å²) in [7, 11) is 0. The van der Waals surface area contributed by atoms with Gasteiger partial charge in [-0.05, 0) is 45.1 Å². The summed E-state index contributed by atoms with van der Waals surface area (Å²) in [5.41, 5.74) is 0. The molecule has 6 heteroatoms. The van der Waals surface area contributed by atoms with Crippen LogP contribution in [0.15, 0.2) is 18.6 Å². The van der Waals surface area contributed by atoms with Gasteiger partial charge in [0.15, 0.2) is 0 Å². The van der Waals surface area contributed by atoms with Crippen LogP contribution < -0.4 is 4.90 Å². The highest BCUT2D eigenvalue weighted by atomic mass is 16.2. The number of anilines is 1. The van der Waals surface area contributed by atoms with Crippen LogP contribution in [0.5, 0.6) is 0 Å². The van der Waals surface area contributed by atoms with E-state index in [-0.39, 0.29) is 5.92 Å². The number of amides is 1. The van der Waals surface area contributed by atoms with Gasteiger partial charge in [0.2, 0.25) is 5.91 Å². The maximum atomic E-state index is 12.7. The Morgan fingerprint density at radius 1 is 0.960 bits per heavy atom. The van der Waals surface area contributed by atoms with Crippen molar-refractivity contribution in [2.75, 3.05) is 44.2 Å². The molecule has 0 aliphatic carbocycles. The fraction of sp³-hybridized carbons (Fsp3) is 0.737. The summed E-state index contributed by atoms with van der Waals surface area (Å²) in [6.45, 7) is 6.14. The minimum Gasteiger partial charge on any atom is -0.355 e. The van der Waals surface area contributed by atoms with Crippen molar-refractivity contribution in [3.05, 3.63) is 18.6 Å². The molecule has 136 valence electrons. The van der Waals surface area contributed by atoms with Crippen molar-refractivity contribution in [3.63, 3.8) is 0 Å². The van der Waals surface area contributed by atoms with Gasteiger partial charge in [-0.3, -0.25) is 14.7 Å². The second-order valence-corrected chi connectivity index (χ2v) is 7.65. The van der Waals surface area contributed by atoms with Gasteiger partial charge in [0.05, 0.1) is 12.1 Å². The Hall–Kier alpha value is -1.69. The van der Waals surface area contributed by atoms with E-state index in [2.05, 4.69) is 24.7 Å². The first-order chi connectivity index (χ1) is 12.3. The summed E-state index contributed by atoms with van der Waals surface area (Å²) in [4.78, 5) is 28.4. The second kappa shape index (κ2) is 7.68. The molecule has 3 aliphatic rings. The van der Waals surface area contributed by atoms with Crippen LogP contribution in [-0.4, -0.2) is 71.0 Å². The molecule has 1 aromatic rings. The third-order valence-electron chi connectivity index (χ3n) is 6.07. The van der Waals surface area contributed by atoms with E-state index in [1.165, 1.54) is 12.8 Å². The molecule has 1 aromatic heterocycles. The Morgan fingerprint density at radius 2 is 1.76 bits per heavy atom. The molecule has 3 fully saturated rings. The van der Waals surface area contributed by atoms with E-state index in [1.54, 1.807) is 12.4 Å². The Labute approximate surface area is 150 Å². The predicted molar refractivity (Wildman–Crippen MR) is 97.4 cm³/mol. The number of rotatable bonds is 3. The van der Waals surface area contributed by atoms with Gasteiger partial charge in [-0.2, -0.15) is 0 Å². The molecule has 1 atom stereocenters. The first kappa shape index (κ1) is 16.8. The highest BCUT2D eigenvalue weighted by molar-refractivity contribution is 5.79. The van der Waals surface area contributed by atoms with Crippen molar-refractivity contribution in [2.24, 2.45) is 5.92 Å². The van der Waals surface area contributed by atoms with E-state index in [4.69, 9.17) is 0 Å². The second-order valence-electron chi connectivity index (χ2n) is 7.65. The van der Waals surface area contributed by atoms with Crippen molar-refractivity contribution >= 4 is 11.7 Å². The van der Waals surface area contributed by atoms with Crippen LogP contribution in [0, 0.1) is 5.92 Å². The number of carbonyl (C=O) groups excluding carboxylic acids is 1. The minimum atomic E-state index is 0.227. The van der Waals surface area contributed by atoms with Crippen LogP contribution in [0.1, 0.15) is 38.5 Å². The fourth-order valence-corrected chi connectivity index (χ4v) is 4.65. The first-order valence-corrected chi connectivity index (χ1v) is 9.85. The van der Waals surface area contributed by atoms with Crippen LogP contribution in [0.2, 0.25) is 0 Å². The number of nitrogens with zero attached hydrogens (tertiary/aromatic N) is 5. The number of hydrogen-bond acceptors (Lipinski definition) is 5. The Kier molecular flexibility index (Phi) is 5.15. The zero-order chi connectivity index (χ0) is 17.1. The molecule has 0 spiro atoms. The Balaban J connectivity index is 1.31. The molecule has 1 amide bonds. The molecule has 25 heavy (non-hydrogen) atoms. The van der Waals surface area contributed by atoms with E-state index in [0.717, 1.165) is 70.8 Å². The summed E-state index contributed by atoms with van der Waals surface area (Å²) in [6, 6.07) is 0.613. The summed E-state index contributed by atoms with van der Waals surface area (Å²) in [5.74, 6) is 1.63. The smallest absolute Gasteiger partial charge is 0.226 e. The lowest BCUT2D eigenvalue weighted by Crippen LogP contribution is -2.51. The van der Waals surface area contributed by atoms with Gasteiger partial charge in [0, 0.05) is 51.2 Å². The molecule has 3 saturated heterocycles. The van der Waals surface area contributed by atoms with Crippen LogP contribution >= 0.6 is 0 Å². The first-order valence-electron chi connectivity index (χ1n) is 9.85. The molecule has 0 saturated carbocycles. The largest absolute Gasteiger partial charge is 0.355 e. The average molecular weight is 343 g/mol. The topological polar surface area (TPSA) is 52.6 Å². The zero-order valence-electron chi connectivity index (χ0n) is 15.0. The number of aromatic nitrogens is 2. The van der Waals surface area contributed by atoms with E-state index < -0.39 is 0 Å². The van der Waals surface area contributed by atoms with Crippen molar-refractivity contribution in [2.45, 2.75) is 44.6 Å². The molecule has 4 rings (SSSR count). The molecule has 4 heterocycles. The van der Waals surface area contributed by atoms with E-state index in [0.29, 0.717) is 11.9 Å². The number of likely N-dealkylation sites (tertiary alicyclic amines) is 2. The monoisotopic (exact) mass is 343 g/mol. The number of piperidine rings is 2. The third kappa shape index (κ3) is 3.78. The van der Waals surface area contributed by atoms with Crippen molar-refractivity contribution in [3.8, 4) is 0 Å². The van der Waals surface area contributed by atoms with Gasteiger partial charge in [0.1, 0.15) is 5.82 Å². The highest BCUT2D eigenvalue weighted by Gasteiger charge is 2.34. The Morgan fingerprint density at radius 3 is 2.48 bits per heavy atom.